The van der Waals surface area contributed by atoms with Crippen LogP contribution in [0.15, 0.2) is 23.1 Å². The van der Waals surface area contributed by atoms with Crippen LogP contribution in [0, 0.1) is 32.1 Å². The molecule has 0 radical (unpaired) electrons. The highest BCUT2D eigenvalue weighted by Crippen LogP contribution is 2.51. The highest BCUT2D eigenvalue weighted by Gasteiger charge is 2.55. The fourth-order valence-corrected chi connectivity index (χ4v) is 7.62. The van der Waals surface area contributed by atoms with Gasteiger partial charge in [-0.05, 0) is 56.4 Å². The summed E-state index contributed by atoms with van der Waals surface area (Å²) in [5, 5.41) is 22.4. The Balaban J connectivity index is 1.62. The Morgan fingerprint density at radius 1 is 1.12 bits per heavy atom. The number of nitro benzene ring substituents is 2. The molecule has 2 saturated heterocycles. The van der Waals surface area contributed by atoms with Crippen molar-refractivity contribution in [3.8, 4) is 0 Å². The van der Waals surface area contributed by atoms with E-state index in [9.17, 15) is 33.4 Å². The van der Waals surface area contributed by atoms with E-state index in [1.165, 1.54) is 0 Å². The number of nitro groups is 2. The predicted molar refractivity (Wildman–Crippen MR) is 113 cm³/mol. The number of sulfonamides is 1. The summed E-state index contributed by atoms with van der Waals surface area (Å²) in [6.07, 6.45) is 5.17. The number of nitrogens with one attached hydrogen (secondary N) is 1. The van der Waals surface area contributed by atoms with Gasteiger partial charge in [0, 0.05) is 30.6 Å². The van der Waals surface area contributed by atoms with Crippen LogP contribution in [0.1, 0.15) is 51.9 Å². The summed E-state index contributed by atoms with van der Waals surface area (Å²) in [6, 6.07) is 2.09. The van der Waals surface area contributed by atoms with Gasteiger partial charge in [0.2, 0.25) is 15.9 Å². The molecule has 32 heavy (non-hydrogen) atoms. The SMILES string of the molecule is C[C@H]1[C@@H](NS(=O)(=O)c2ccc([N+](=O)[O-])cc2[N+](=O)[O-])CC[C@@]23CCCN2C(=O)CCC[C@@H]13. The predicted octanol–water partition coefficient (Wildman–Crippen LogP) is 2.74. The maximum Gasteiger partial charge on any atom is 0.296 e. The molecule has 1 saturated carbocycles. The topological polar surface area (TPSA) is 153 Å². The van der Waals surface area contributed by atoms with Crippen LogP contribution in [0.2, 0.25) is 0 Å². The molecular formula is C20H26N4O7S. The van der Waals surface area contributed by atoms with Crippen molar-refractivity contribution >= 4 is 27.3 Å². The number of carbonyl (C=O) groups excluding carboxylic acids is 1. The molecule has 1 aromatic rings. The Hall–Kier alpha value is -2.60. The summed E-state index contributed by atoms with van der Waals surface area (Å²) in [4.78, 5) is 34.7. The zero-order valence-corrected chi connectivity index (χ0v) is 18.5. The third-order valence-corrected chi connectivity index (χ3v) is 9.07. The minimum atomic E-state index is -4.29. The minimum Gasteiger partial charge on any atom is -0.337 e. The molecule has 1 aliphatic carbocycles. The molecule has 0 bridgehead atoms. The molecule has 11 nitrogen and oxygen atoms in total. The molecule has 2 aliphatic heterocycles. The molecule has 3 aliphatic rings. The van der Waals surface area contributed by atoms with E-state index in [1.807, 2.05) is 11.8 Å². The van der Waals surface area contributed by atoms with Gasteiger partial charge < -0.3 is 4.90 Å². The molecule has 2 heterocycles. The second-order valence-electron chi connectivity index (χ2n) is 9.04. The Morgan fingerprint density at radius 2 is 1.88 bits per heavy atom. The zero-order valence-electron chi connectivity index (χ0n) is 17.7. The first-order valence-electron chi connectivity index (χ1n) is 10.8. The zero-order chi connectivity index (χ0) is 23.3. The summed E-state index contributed by atoms with van der Waals surface area (Å²) in [7, 11) is -4.29. The fraction of sp³-hybridized carbons (Fsp3) is 0.650. The van der Waals surface area contributed by atoms with Crippen molar-refractivity contribution in [3.05, 3.63) is 38.4 Å². The second-order valence-corrected chi connectivity index (χ2v) is 10.7. The third-order valence-electron chi connectivity index (χ3n) is 7.53. The highest BCUT2D eigenvalue weighted by molar-refractivity contribution is 7.89. The lowest BCUT2D eigenvalue weighted by atomic mass is 9.63. The van der Waals surface area contributed by atoms with Crippen molar-refractivity contribution in [1.29, 1.82) is 0 Å². The van der Waals surface area contributed by atoms with Crippen LogP contribution < -0.4 is 4.72 Å². The summed E-state index contributed by atoms with van der Waals surface area (Å²) in [5.41, 5.74) is -1.60. The van der Waals surface area contributed by atoms with Crippen LogP contribution in [-0.4, -0.2) is 47.2 Å². The van der Waals surface area contributed by atoms with Crippen LogP contribution in [0.4, 0.5) is 11.4 Å². The molecule has 4 atom stereocenters. The van der Waals surface area contributed by atoms with Crippen molar-refractivity contribution in [2.75, 3.05) is 6.54 Å². The molecule has 1 aromatic carbocycles. The standard InChI is InChI=1S/C20H26N4O7S/c1-13-15-4-2-5-19(25)22-11-3-9-20(15,22)10-8-16(13)21-32(30,31)18-7-6-14(23(26)27)12-17(18)24(28)29/h6-7,12-13,15-16,21H,2-5,8-11H2,1H3/t13-,15+,16+,20-/m1/s1. The number of hydrogen-bond donors (Lipinski definition) is 1. The molecule has 1 amide bonds. The van der Waals surface area contributed by atoms with Crippen molar-refractivity contribution in [2.45, 2.75) is 68.3 Å². The van der Waals surface area contributed by atoms with Gasteiger partial charge in [-0.25, -0.2) is 13.1 Å². The van der Waals surface area contributed by atoms with Crippen molar-refractivity contribution < 1.29 is 23.1 Å². The Kier molecular flexibility index (Phi) is 5.70. The number of rotatable bonds is 5. The minimum absolute atomic E-state index is 0.0675. The van der Waals surface area contributed by atoms with Gasteiger partial charge in [0.1, 0.15) is 0 Å². The van der Waals surface area contributed by atoms with Crippen LogP contribution in [-0.2, 0) is 14.8 Å². The summed E-state index contributed by atoms with van der Waals surface area (Å²) < 4.78 is 28.9. The molecular weight excluding hydrogens is 440 g/mol. The van der Waals surface area contributed by atoms with E-state index in [2.05, 4.69) is 4.72 Å². The molecule has 12 heteroatoms. The Labute approximate surface area is 185 Å². The quantitative estimate of drug-likeness (QED) is 0.517. The molecule has 174 valence electrons. The van der Waals surface area contributed by atoms with Gasteiger partial charge in [0.05, 0.1) is 15.9 Å². The summed E-state index contributed by atoms with van der Waals surface area (Å²) in [5.74, 6) is 0.254. The third kappa shape index (κ3) is 3.64. The van der Waals surface area contributed by atoms with Crippen LogP contribution in [0.5, 0.6) is 0 Å². The van der Waals surface area contributed by atoms with E-state index in [0.29, 0.717) is 25.3 Å². The van der Waals surface area contributed by atoms with Gasteiger partial charge >= 0.3 is 0 Å². The largest absolute Gasteiger partial charge is 0.337 e. The number of amides is 1. The normalized spacial score (nSPS) is 30.3. The summed E-state index contributed by atoms with van der Waals surface area (Å²) >= 11 is 0. The number of non-ortho nitro benzene ring substituents is 1. The molecule has 0 aromatic heterocycles. The number of hydrogen-bond acceptors (Lipinski definition) is 7. The fourth-order valence-electron chi connectivity index (χ4n) is 6.10. The van der Waals surface area contributed by atoms with E-state index in [1.54, 1.807) is 0 Å². The maximum absolute atomic E-state index is 13.1. The highest BCUT2D eigenvalue weighted by atomic mass is 32.2. The second kappa shape index (κ2) is 8.07. The Bertz CT molecular complexity index is 1080. The lowest BCUT2D eigenvalue weighted by Gasteiger charge is -2.52. The number of carbonyl (C=O) groups is 1. The molecule has 3 fully saturated rings. The van der Waals surface area contributed by atoms with Crippen LogP contribution in [0.3, 0.4) is 0 Å². The van der Waals surface area contributed by atoms with Gasteiger partial charge in [0.15, 0.2) is 4.90 Å². The van der Waals surface area contributed by atoms with E-state index in [0.717, 1.165) is 44.4 Å². The van der Waals surface area contributed by atoms with Gasteiger partial charge in [-0.2, -0.15) is 0 Å². The van der Waals surface area contributed by atoms with E-state index in [4.69, 9.17) is 0 Å². The van der Waals surface area contributed by atoms with E-state index >= 15 is 0 Å². The van der Waals surface area contributed by atoms with Gasteiger partial charge in [0.25, 0.3) is 11.4 Å². The van der Waals surface area contributed by atoms with Gasteiger partial charge in [-0.3, -0.25) is 25.0 Å². The average Bonchev–Trinajstić information content (AvgIpc) is 3.10. The first-order valence-corrected chi connectivity index (χ1v) is 12.3. The number of benzene rings is 1. The lowest BCUT2D eigenvalue weighted by molar-refractivity contribution is -0.396. The smallest absolute Gasteiger partial charge is 0.296 e. The van der Waals surface area contributed by atoms with E-state index < -0.39 is 42.2 Å². The first kappa shape index (κ1) is 22.6. The van der Waals surface area contributed by atoms with Crippen LogP contribution >= 0.6 is 0 Å². The van der Waals surface area contributed by atoms with Crippen LogP contribution in [0.25, 0.3) is 0 Å². The van der Waals surface area contributed by atoms with Gasteiger partial charge in [-0.15, -0.1) is 0 Å². The number of nitrogens with zero attached hydrogens (tertiary/aromatic N) is 3. The van der Waals surface area contributed by atoms with Crippen molar-refractivity contribution in [2.24, 2.45) is 11.8 Å². The molecule has 4 rings (SSSR count). The van der Waals surface area contributed by atoms with Crippen molar-refractivity contribution in [1.82, 2.24) is 9.62 Å². The monoisotopic (exact) mass is 466 g/mol. The molecule has 0 unspecified atom stereocenters. The lowest BCUT2D eigenvalue weighted by Crippen LogP contribution is -2.59. The first-order chi connectivity index (χ1) is 15.1. The average molecular weight is 467 g/mol. The van der Waals surface area contributed by atoms with Crippen molar-refractivity contribution in [3.63, 3.8) is 0 Å². The Morgan fingerprint density at radius 3 is 2.56 bits per heavy atom. The maximum atomic E-state index is 13.1. The van der Waals surface area contributed by atoms with E-state index in [-0.39, 0.29) is 23.3 Å². The molecule has 1 spiro atoms. The summed E-state index contributed by atoms with van der Waals surface area (Å²) in [6.45, 7) is 2.72. The van der Waals surface area contributed by atoms with Gasteiger partial charge in [-0.1, -0.05) is 6.92 Å². The molecule has 1 N–H and O–H groups in total.